The zero-order chi connectivity index (χ0) is 18.4. The van der Waals surface area contributed by atoms with E-state index in [0.29, 0.717) is 5.76 Å². The summed E-state index contributed by atoms with van der Waals surface area (Å²) in [5.41, 5.74) is 1.81. The van der Waals surface area contributed by atoms with Crippen LogP contribution in [-0.4, -0.2) is 29.6 Å². The molecule has 10 heteroatoms. The van der Waals surface area contributed by atoms with E-state index in [0.717, 1.165) is 12.1 Å². The Morgan fingerprint density at radius 2 is 2.08 bits per heavy atom. The van der Waals surface area contributed by atoms with Crippen LogP contribution >= 0.6 is 23.8 Å². The molecule has 0 aliphatic carbocycles. The number of benzene rings is 1. The summed E-state index contributed by atoms with van der Waals surface area (Å²) in [6.45, 7) is 0.200. The van der Waals surface area contributed by atoms with Gasteiger partial charge in [0.15, 0.2) is 5.11 Å². The Balaban J connectivity index is 2.12. The molecule has 0 saturated carbocycles. The lowest BCUT2D eigenvalue weighted by Crippen LogP contribution is -2.33. The predicted molar refractivity (Wildman–Crippen MR) is 92.6 cm³/mol. The molecule has 1 aromatic carbocycles. The highest BCUT2D eigenvalue weighted by molar-refractivity contribution is 7.80. The number of thiocarbonyl (C=S) groups is 1. The van der Waals surface area contributed by atoms with Gasteiger partial charge in [-0.2, -0.15) is 18.3 Å². The Morgan fingerprint density at radius 1 is 1.32 bits per heavy atom. The molecule has 0 spiro atoms. The third-order valence-electron chi connectivity index (χ3n) is 2.94. The number of nitrogens with one attached hydrogen (secondary N) is 2. The molecule has 3 N–H and O–H groups in total. The first-order chi connectivity index (χ1) is 11.8. The van der Waals surface area contributed by atoms with Gasteiger partial charge in [-0.3, -0.25) is 5.43 Å². The fourth-order valence-corrected chi connectivity index (χ4v) is 2.19. The van der Waals surface area contributed by atoms with Crippen molar-refractivity contribution in [3.63, 3.8) is 0 Å². The summed E-state index contributed by atoms with van der Waals surface area (Å²) in [6.07, 6.45) is -3.17. The standard InChI is InChI=1S/C15H13ClF3N3O2S/c16-12-3-1-9(15(17,18)19)7-11(12)13-4-2-10(24-13)8-21-22-14(25)20-5-6-23/h1-4,7-8,23H,5-6H2,(H2,20,22,25). The monoisotopic (exact) mass is 391 g/mol. The third kappa shape index (κ3) is 5.45. The minimum atomic E-state index is -4.47. The number of alkyl halides is 3. The van der Waals surface area contributed by atoms with Crippen molar-refractivity contribution >= 4 is 35.1 Å². The molecule has 0 saturated heterocycles. The Labute approximate surface area is 151 Å². The van der Waals surface area contributed by atoms with Crippen LogP contribution < -0.4 is 10.7 Å². The van der Waals surface area contributed by atoms with Crippen LogP contribution in [0.25, 0.3) is 11.3 Å². The van der Waals surface area contributed by atoms with Crippen LogP contribution in [0.2, 0.25) is 5.02 Å². The van der Waals surface area contributed by atoms with Gasteiger partial charge in [-0.05, 0) is 42.5 Å². The zero-order valence-corrected chi connectivity index (χ0v) is 14.2. The SMILES string of the molecule is OCCNC(=S)NN=Cc1ccc(-c2cc(C(F)(F)F)ccc2Cl)o1. The molecule has 5 nitrogen and oxygen atoms in total. The van der Waals surface area contributed by atoms with Gasteiger partial charge in [0.05, 0.1) is 23.4 Å². The van der Waals surface area contributed by atoms with Crippen LogP contribution in [0.1, 0.15) is 11.3 Å². The van der Waals surface area contributed by atoms with Crippen LogP contribution in [0, 0.1) is 0 Å². The lowest BCUT2D eigenvalue weighted by molar-refractivity contribution is -0.137. The van der Waals surface area contributed by atoms with Gasteiger partial charge in [-0.15, -0.1) is 0 Å². The molecule has 0 unspecified atom stereocenters. The van der Waals surface area contributed by atoms with E-state index in [-0.39, 0.29) is 34.6 Å². The van der Waals surface area contributed by atoms with Gasteiger partial charge in [-0.1, -0.05) is 11.6 Å². The lowest BCUT2D eigenvalue weighted by atomic mass is 10.1. The first-order valence-electron chi connectivity index (χ1n) is 6.96. The van der Waals surface area contributed by atoms with Crippen molar-refractivity contribution in [2.45, 2.75) is 6.18 Å². The molecule has 2 rings (SSSR count). The van der Waals surface area contributed by atoms with Gasteiger partial charge >= 0.3 is 6.18 Å². The molecule has 0 aliphatic rings. The summed E-state index contributed by atoms with van der Waals surface area (Å²) in [7, 11) is 0. The van der Waals surface area contributed by atoms with Crippen molar-refractivity contribution in [1.82, 2.24) is 10.7 Å². The normalized spacial score (nSPS) is 11.7. The predicted octanol–water partition coefficient (Wildman–Crippen LogP) is 3.41. The maximum atomic E-state index is 12.8. The van der Waals surface area contributed by atoms with Crippen molar-refractivity contribution in [1.29, 1.82) is 0 Å². The second kappa shape index (κ2) is 8.32. The van der Waals surface area contributed by atoms with Crippen LogP contribution in [-0.2, 0) is 6.18 Å². The number of nitrogens with zero attached hydrogens (tertiary/aromatic N) is 1. The summed E-state index contributed by atoms with van der Waals surface area (Å²) >= 11 is 10.8. The van der Waals surface area contributed by atoms with E-state index in [1.165, 1.54) is 24.4 Å². The van der Waals surface area contributed by atoms with Crippen LogP contribution in [0.3, 0.4) is 0 Å². The Bertz CT molecular complexity index is 778. The molecule has 0 aliphatic heterocycles. The first-order valence-corrected chi connectivity index (χ1v) is 7.74. The highest BCUT2D eigenvalue weighted by Crippen LogP contribution is 2.36. The number of aliphatic hydroxyl groups excluding tert-OH is 1. The number of rotatable bonds is 5. The molecule has 0 amide bonds. The summed E-state index contributed by atoms with van der Waals surface area (Å²) < 4.78 is 43.9. The second-order valence-electron chi connectivity index (χ2n) is 4.74. The quantitative estimate of drug-likeness (QED) is 0.414. The number of hydrogen-bond acceptors (Lipinski definition) is 4. The van der Waals surface area contributed by atoms with E-state index in [4.69, 9.17) is 33.3 Å². The average Bonchev–Trinajstić information content (AvgIpc) is 3.01. The minimum Gasteiger partial charge on any atom is -0.455 e. The number of hydrazone groups is 1. The molecule has 0 radical (unpaired) electrons. The number of furan rings is 1. The van der Waals surface area contributed by atoms with Crippen molar-refractivity contribution in [3.05, 3.63) is 46.7 Å². The second-order valence-corrected chi connectivity index (χ2v) is 5.56. The highest BCUT2D eigenvalue weighted by atomic mass is 35.5. The Kier molecular flexibility index (Phi) is 6.40. The molecular formula is C15H13ClF3N3O2S. The van der Waals surface area contributed by atoms with Crippen LogP contribution in [0.4, 0.5) is 13.2 Å². The van der Waals surface area contributed by atoms with Crippen molar-refractivity contribution < 1.29 is 22.7 Å². The third-order valence-corrected chi connectivity index (χ3v) is 3.51. The summed E-state index contributed by atoms with van der Waals surface area (Å²) in [5.74, 6) is 0.472. The Hall–Kier alpha value is -2.10. The molecule has 1 aromatic heterocycles. The number of aliphatic hydroxyl groups is 1. The van der Waals surface area contributed by atoms with Crippen molar-refractivity contribution in [2.75, 3.05) is 13.2 Å². The maximum Gasteiger partial charge on any atom is 0.416 e. The van der Waals surface area contributed by atoms with Gasteiger partial charge in [0.25, 0.3) is 0 Å². The van der Waals surface area contributed by atoms with Crippen LogP contribution in [0.15, 0.2) is 39.9 Å². The number of halogens is 4. The fourth-order valence-electron chi connectivity index (χ4n) is 1.82. The van der Waals surface area contributed by atoms with E-state index in [9.17, 15) is 13.2 Å². The molecule has 134 valence electrons. The van der Waals surface area contributed by atoms with Crippen LogP contribution in [0.5, 0.6) is 0 Å². The molecule has 1 heterocycles. The minimum absolute atomic E-state index is 0.0785. The first kappa shape index (κ1) is 19.2. The molecule has 0 fully saturated rings. The maximum absolute atomic E-state index is 12.8. The van der Waals surface area contributed by atoms with Gasteiger partial charge in [0.1, 0.15) is 11.5 Å². The molecule has 0 bridgehead atoms. The fraction of sp³-hybridized carbons (Fsp3) is 0.200. The lowest BCUT2D eigenvalue weighted by Gasteiger charge is -2.09. The number of hydrogen-bond donors (Lipinski definition) is 3. The largest absolute Gasteiger partial charge is 0.455 e. The summed E-state index contributed by atoms with van der Waals surface area (Å²) in [5, 5.41) is 15.5. The van der Waals surface area contributed by atoms with E-state index >= 15 is 0 Å². The molecule has 0 atom stereocenters. The summed E-state index contributed by atoms with van der Waals surface area (Å²) in [4.78, 5) is 0. The van der Waals surface area contributed by atoms with Gasteiger partial charge in [0.2, 0.25) is 0 Å². The topological polar surface area (TPSA) is 69.8 Å². The molecule has 25 heavy (non-hydrogen) atoms. The Morgan fingerprint density at radius 3 is 2.76 bits per heavy atom. The van der Waals surface area contributed by atoms with Crippen molar-refractivity contribution in [3.8, 4) is 11.3 Å². The van der Waals surface area contributed by atoms with E-state index in [2.05, 4.69) is 15.8 Å². The zero-order valence-electron chi connectivity index (χ0n) is 12.6. The van der Waals surface area contributed by atoms with E-state index in [1.54, 1.807) is 0 Å². The van der Waals surface area contributed by atoms with Crippen molar-refractivity contribution in [2.24, 2.45) is 5.10 Å². The molecular weight excluding hydrogens is 379 g/mol. The van der Waals surface area contributed by atoms with Gasteiger partial charge < -0.3 is 14.8 Å². The summed E-state index contributed by atoms with van der Waals surface area (Å²) in [6, 6.07) is 6.02. The van der Waals surface area contributed by atoms with Gasteiger partial charge in [-0.25, -0.2) is 0 Å². The highest BCUT2D eigenvalue weighted by Gasteiger charge is 2.31. The van der Waals surface area contributed by atoms with Gasteiger partial charge in [0, 0.05) is 12.1 Å². The molecule has 2 aromatic rings. The average molecular weight is 392 g/mol. The van der Waals surface area contributed by atoms with E-state index < -0.39 is 11.7 Å². The smallest absolute Gasteiger partial charge is 0.416 e. The van der Waals surface area contributed by atoms with E-state index in [1.807, 2.05) is 0 Å².